The average Bonchev–Trinajstić information content (AvgIpc) is 2.51. The van der Waals surface area contributed by atoms with Crippen LogP contribution in [0.5, 0.6) is 11.5 Å². The molecular formula is C16H20BN2O6. The van der Waals surface area contributed by atoms with E-state index in [2.05, 4.69) is 0 Å². The first kappa shape index (κ1) is 17.6. The molecule has 1 saturated heterocycles. The molecule has 25 heavy (non-hydrogen) atoms. The van der Waals surface area contributed by atoms with Crippen molar-refractivity contribution in [1.82, 2.24) is 4.90 Å². The summed E-state index contributed by atoms with van der Waals surface area (Å²) in [5, 5.41) is 18.6. The van der Waals surface area contributed by atoms with Gasteiger partial charge < -0.3 is 25.3 Å². The Bertz CT molecular complexity index is 702. The smallest absolute Gasteiger partial charge is 0.370 e. The zero-order chi connectivity index (χ0) is 18.2. The Hall–Kier alpha value is -2.26. The van der Waals surface area contributed by atoms with Crippen molar-refractivity contribution in [3.63, 3.8) is 0 Å². The SMILES string of the molecule is C[C@](N)(CN1CC(Oc2ccc3c(c2C(=O)O)O[B]CC3)C1)C(=O)O. The highest BCUT2D eigenvalue weighted by Crippen LogP contribution is 2.36. The fraction of sp³-hybridized carbons (Fsp3) is 0.500. The molecule has 133 valence electrons. The summed E-state index contributed by atoms with van der Waals surface area (Å²) in [7, 11) is 1.59. The maximum atomic E-state index is 11.6. The van der Waals surface area contributed by atoms with Gasteiger partial charge in [0.25, 0.3) is 0 Å². The summed E-state index contributed by atoms with van der Waals surface area (Å²) in [6.07, 6.45) is 1.26. The number of nitrogens with zero attached hydrogens (tertiary/aromatic N) is 1. The predicted molar refractivity (Wildman–Crippen MR) is 89.4 cm³/mol. The third-order valence-electron chi connectivity index (χ3n) is 4.41. The largest absolute Gasteiger partial charge is 0.562 e. The molecule has 0 saturated carbocycles. The standard InChI is InChI=1S/C16H20BN2O6/c1-16(18,15(22)23)8-19-6-10(7-19)24-11-3-2-9-4-5-17-25-13(9)12(11)14(20)21/h2-3,10H,4-8,18H2,1H3,(H,20,21)(H,22,23)/t16-/m0/s1. The number of aromatic carboxylic acids is 1. The number of rotatable bonds is 6. The maximum Gasteiger partial charge on any atom is 0.370 e. The molecule has 2 aliphatic heterocycles. The van der Waals surface area contributed by atoms with E-state index in [-0.39, 0.29) is 24.0 Å². The molecule has 0 amide bonds. The number of aliphatic carboxylic acids is 1. The van der Waals surface area contributed by atoms with E-state index < -0.39 is 17.5 Å². The lowest BCUT2D eigenvalue weighted by Crippen LogP contribution is -2.62. The lowest BCUT2D eigenvalue weighted by molar-refractivity contribution is -0.144. The molecule has 1 atom stereocenters. The zero-order valence-corrected chi connectivity index (χ0v) is 13.9. The van der Waals surface area contributed by atoms with Crippen LogP contribution >= 0.6 is 0 Å². The quantitative estimate of drug-likeness (QED) is 0.625. The summed E-state index contributed by atoms with van der Waals surface area (Å²) >= 11 is 0. The zero-order valence-electron chi connectivity index (χ0n) is 13.9. The highest BCUT2D eigenvalue weighted by atomic mass is 16.5. The van der Waals surface area contributed by atoms with Gasteiger partial charge in [-0.05, 0) is 31.3 Å². The molecule has 3 rings (SSSR count). The molecule has 4 N–H and O–H groups in total. The van der Waals surface area contributed by atoms with Crippen LogP contribution in [0.3, 0.4) is 0 Å². The summed E-state index contributed by atoms with van der Waals surface area (Å²) < 4.78 is 11.2. The lowest BCUT2D eigenvalue weighted by atomic mass is 9.85. The van der Waals surface area contributed by atoms with Gasteiger partial charge in [-0.25, -0.2) is 4.79 Å². The van der Waals surface area contributed by atoms with E-state index in [4.69, 9.17) is 20.2 Å². The molecule has 0 aromatic heterocycles. The Morgan fingerprint density at radius 1 is 1.44 bits per heavy atom. The van der Waals surface area contributed by atoms with Crippen molar-refractivity contribution in [1.29, 1.82) is 0 Å². The summed E-state index contributed by atoms with van der Waals surface area (Å²) in [6.45, 7) is 2.64. The van der Waals surface area contributed by atoms with Gasteiger partial charge in [0.15, 0.2) is 0 Å². The van der Waals surface area contributed by atoms with Gasteiger partial charge in [0.1, 0.15) is 28.7 Å². The van der Waals surface area contributed by atoms with E-state index in [1.54, 1.807) is 13.5 Å². The number of aryl methyl sites for hydroxylation is 1. The Kier molecular flexibility index (Phi) is 4.61. The molecule has 2 aliphatic rings. The molecule has 0 spiro atoms. The Labute approximate surface area is 145 Å². The van der Waals surface area contributed by atoms with Gasteiger partial charge in [-0.2, -0.15) is 0 Å². The minimum Gasteiger partial charge on any atom is -0.562 e. The molecular weight excluding hydrogens is 327 g/mol. The third kappa shape index (κ3) is 3.57. The van der Waals surface area contributed by atoms with Crippen molar-refractivity contribution >= 4 is 19.4 Å². The molecule has 1 aromatic rings. The first-order valence-corrected chi connectivity index (χ1v) is 8.07. The van der Waals surface area contributed by atoms with Crippen LogP contribution in [0.15, 0.2) is 12.1 Å². The number of carboxylic acids is 2. The lowest BCUT2D eigenvalue weighted by Gasteiger charge is -2.42. The molecule has 8 nitrogen and oxygen atoms in total. The van der Waals surface area contributed by atoms with Crippen molar-refractivity contribution < 1.29 is 29.2 Å². The predicted octanol–water partition coefficient (Wildman–Crippen LogP) is 0.222. The third-order valence-corrected chi connectivity index (χ3v) is 4.41. The number of likely N-dealkylation sites (tertiary alicyclic amines) is 1. The Morgan fingerprint density at radius 3 is 2.80 bits per heavy atom. The number of nitrogens with two attached hydrogens (primary N) is 1. The van der Waals surface area contributed by atoms with Crippen LogP contribution in [0.1, 0.15) is 22.8 Å². The molecule has 1 radical (unpaired) electrons. The monoisotopic (exact) mass is 347 g/mol. The number of ether oxygens (including phenoxy) is 1. The van der Waals surface area contributed by atoms with Crippen LogP contribution in [0.25, 0.3) is 0 Å². The summed E-state index contributed by atoms with van der Waals surface area (Å²) in [4.78, 5) is 24.6. The van der Waals surface area contributed by atoms with Crippen molar-refractivity contribution in [2.75, 3.05) is 19.6 Å². The van der Waals surface area contributed by atoms with E-state index in [1.807, 2.05) is 11.0 Å². The second-order valence-electron chi connectivity index (χ2n) is 6.71. The molecule has 2 heterocycles. The van der Waals surface area contributed by atoms with E-state index in [9.17, 15) is 14.7 Å². The average molecular weight is 347 g/mol. The number of carbonyl (C=O) groups is 2. The molecule has 0 unspecified atom stereocenters. The topological polar surface area (TPSA) is 122 Å². The highest BCUT2D eigenvalue weighted by Gasteiger charge is 2.37. The highest BCUT2D eigenvalue weighted by molar-refractivity contribution is 6.29. The maximum absolute atomic E-state index is 11.6. The van der Waals surface area contributed by atoms with Crippen LogP contribution in [-0.4, -0.2) is 65.8 Å². The van der Waals surface area contributed by atoms with Gasteiger partial charge in [0.05, 0.1) is 0 Å². The number of benzene rings is 1. The van der Waals surface area contributed by atoms with Gasteiger partial charge >= 0.3 is 19.4 Å². The fourth-order valence-electron chi connectivity index (χ4n) is 3.03. The molecule has 9 heteroatoms. The van der Waals surface area contributed by atoms with E-state index in [1.165, 1.54) is 6.92 Å². The Balaban J connectivity index is 1.67. The van der Waals surface area contributed by atoms with Gasteiger partial charge in [-0.15, -0.1) is 0 Å². The van der Waals surface area contributed by atoms with E-state index in [0.717, 1.165) is 18.3 Å². The number of carboxylic acid groups (broad SMARTS) is 2. The van der Waals surface area contributed by atoms with Crippen LogP contribution in [0, 0.1) is 0 Å². The molecule has 0 aliphatic carbocycles. The van der Waals surface area contributed by atoms with Crippen molar-refractivity contribution in [2.45, 2.75) is 31.3 Å². The van der Waals surface area contributed by atoms with E-state index >= 15 is 0 Å². The second-order valence-corrected chi connectivity index (χ2v) is 6.71. The molecule has 0 bridgehead atoms. The molecule has 1 aromatic carbocycles. The molecule has 1 fully saturated rings. The summed E-state index contributed by atoms with van der Waals surface area (Å²) in [5.41, 5.74) is 5.28. The first-order valence-electron chi connectivity index (χ1n) is 8.07. The normalized spacial score (nSPS) is 19.6. The van der Waals surface area contributed by atoms with Gasteiger partial charge in [0, 0.05) is 19.6 Å². The minimum absolute atomic E-state index is 0.0288. The number of hydrogen-bond donors (Lipinski definition) is 3. The van der Waals surface area contributed by atoms with Crippen molar-refractivity contribution in [2.24, 2.45) is 5.73 Å². The van der Waals surface area contributed by atoms with Crippen LogP contribution < -0.4 is 15.1 Å². The number of hydrogen-bond acceptors (Lipinski definition) is 6. The second kappa shape index (κ2) is 6.57. The van der Waals surface area contributed by atoms with Gasteiger partial charge in [-0.3, -0.25) is 9.69 Å². The van der Waals surface area contributed by atoms with Gasteiger partial charge in [0.2, 0.25) is 0 Å². The van der Waals surface area contributed by atoms with E-state index in [0.29, 0.717) is 18.8 Å². The Morgan fingerprint density at radius 2 is 2.16 bits per heavy atom. The number of fused-ring (bicyclic) bond motifs is 1. The minimum atomic E-state index is -1.33. The van der Waals surface area contributed by atoms with Crippen molar-refractivity contribution in [3.8, 4) is 11.5 Å². The van der Waals surface area contributed by atoms with Crippen LogP contribution in [0.4, 0.5) is 0 Å². The summed E-state index contributed by atoms with van der Waals surface area (Å²) in [5.74, 6) is -1.56. The fourth-order valence-corrected chi connectivity index (χ4v) is 3.03. The van der Waals surface area contributed by atoms with Crippen LogP contribution in [0.2, 0.25) is 6.32 Å². The van der Waals surface area contributed by atoms with Crippen LogP contribution in [-0.2, 0) is 11.2 Å². The van der Waals surface area contributed by atoms with Crippen molar-refractivity contribution in [3.05, 3.63) is 23.3 Å². The van der Waals surface area contributed by atoms with Gasteiger partial charge in [-0.1, -0.05) is 6.07 Å². The summed E-state index contributed by atoms with van der Waals surface area (Å²) in [6, 6.07) is 3.48. The first-order chi connectivity index (χ1) is 11.8.